The summed E-state index contributed by atoms with van der Waals surface area (Å²) in [7, 11) is 0. The summed E-state index contributed by atoms with van der Waals surface area (Å²) >= 11 is 5.90. The topological polar surface area (TPSA) is 64.4 Å². The van der Waals surface area contributed by atoms with Crippen LogP contribution in [0.15, 0.2) is 28.8 Å². The van der Waals surface area contributed by atoms with Crippen LogP contribution in [0.5, 0.6) is 5.75 Å². The van der Waals surface area contributed by atoms with E-state index in [1.807, 2.05) is 6.92 Å². The van der Waals surface area contributed by atoms with Gasteiger partial charge in [-0.3, -0.25) is 4.79 Å². The molecule has 0 aliphatic carbocycles. The zero-order chi connectivity index (χ0) is 15.2. The Balaban J connectivity index is 2.09. The molecule has 0 fully saturated rings. The molecule has 2 aromatic rings. The molecule has 1 aromatic carbocycles. The van der Waals surface area contributed by atoms with Gasteiger partial charge in [0.2, 0.25) is 0 Å². The number of hydrogen-bond acceptors (Lipinski definition) is 4. The number of nitrogens with one attached hydrogen (secondary N) is 1. The first-order valence-corrected chi connectivity index (χ1v) is 7.11. The second kappa shape index (κ2) is 7.13. The van der Waals surface area contributed by atoms with Crippen LogP contribution in [0, 0.1) is 6.92 Å². The molecule has 5 nitrogen and oxygen atoms in total. The van der Waals surface area contributed by atoms with Crippen LogP contribution in [0.25, 0.3) is 0 Å². The second-order valence-electron chi connectivity index (χ2n) is 4.57. The minimum absolute atomic E-state index is 0.199. The maximum absolute atomic E-state index is 12.0. The van der Waals surface area contributed by atoms with Gasteiger partial charge in [-0.15, -0.1) is 0 Å². The summed E-state index contributed by atoms with van der Waals surface area (Å²) in [5.74, 6) is 0.945. The first kappa shape index (κ1) is 15.4. The molecule has 112 valence electrons. The van der Waals surface area contributed by atoms with Crippen molar-refractivity contribution in [3.63, 3.8) is 0 Å². The summed E-state index contributed by atoms with van der Waals surface area (Å²) in [4.78, 5) is 12.0. The molecule has 1 aromatic heterocycles. The number of amides is 1. The maximum atomic E-state index is 12.0. The summed E-state index contributed by atoms with van der Waals surface area (Å²) in [6, 6.07) is 7.07. The fourth-order valence-electron chi connectivity index (χ4n) is 1.77. The van der Waals surface area contributed by atoms with E-state index >= 15 is 0 Å². The van der Waals surface area contributed by atoms with Crippen LogP contribution in [-0.2, 0) is 6.61 Å². The second-order valence-corrected chi connectivity index (χ2v) is 5.00. The number of aromatic nitrogens is 1. The molecule has 1 N–H and O–H groups in total. The summed E-state index contributed by atoms with van der Waals surface area (Å²) < 4.78 is 10.7. The van der Waals surface area contributed by atoms with Gasteiger partial charge in [0.25, 0.3) is 5.91 Å². The number of ether oxygens (including phenoxy) is 1. The van der Waals surface area contributed by atoms with Crippen molar-refractivity contribution in [2.45, 2.75) is 26.9 Å². The highest BCUT2D eigenvalue weighted by Crippen LogP contribution is 2.20. The Morgan fingerprint density at radius 3 is 3.00 bits per heavy atom. The van der Waals surface area contributed by atoms with Crippen LogP contribution >= 0.6 is 11.6 Å². The minimum Gasteiger partial charge on any atom is -0.489 e. The van der Waals surface area contributed by atoms with E-state index in [0.29, 0.717) is 28.6 Å². The van der Waals surface area contributed by atoms with Crippen molar-refractivity contribution < 1.29 is 14.1 Å². The highest BCUT2D eigenvalue weighted by atomic mass is 35.5. The number of halogens is 1. The summed E-state index contributed by atoms with van der Waals surface area (Å²) in [5.41, 5.74) is 0.909. The van der Waals surface area contributed by atoms with Crippen molar-refractivity contribution in [1.82, 2.24) is 10.5 Å². The fourth-order valence-corrected chi connectivity index (χ4v) is 1.95. The lowest BCUT2D eigenvalue weighted by atomic mass is 10.2. The standard InChI is InChI=1S/C15H17ClN2O3/c1-3-7-17-15(19)14-13(10(2)21-18-14)9-20-12-6-4-5-11(16)8-12/h4-6,8H,3,7,9H2,1-2H3,(H,17,19). The van der Waals surface area contributed by atoms with Crippen molar-refractivity contribution >= 4 is 17.5 Å². The number of benzene rings is 1. The van der Waals surface area contributed by atoms with Gasteiger partial charge in [-0.2, -0.15) is 0 Å². The summed E-state index contributed by atoms with van der Waals surface area (Å²) in [5, 5.41) is 7.17. The highest BCUT2D eigenvalue weighted by Gasteiger charge is 2.19. The van der Waals surface area contributed by atoms with E-state index in [2.05, 4.69) is 10.5 Å². The van der Waals surface area contributed by atoms with Crippen LogP contribution in [0.3, 0.4) is 0 Å². The van der Waals surface area contributed by atoms with Gasteiger partial charge in [0.1, 0.15) is 18.1 Å². The number of hydrogen-bond donors (Lipinski definition) is 1. The third kappa shape index (κ3) is 3.98. The zero-order valence-corrected chi connectivity index (χ0v) is 12.7. The third-order valence-electron chi connectivity index (χ3n) is 2.91. The van der Waals surface area contributed by atoms with Crippen molar-refractivity contribution in [1.29, 1.82) is 0 Å². The van der Waals surface area contributed by atoms with Crippen LogP contribution in [-0.4, -0.2) is 17.6 Å². The average molecular weight is 309 g/mol. The largest absolute Gasteiger partial charge is 0.489 e. The van der Waals surface area contributed by atoms with E-state index in [0.717, 1.165) is 6.42 Å². The van der Waals surface area contributed by atoms with Crippen LogP contribution in [0.4, 0.5) is 0 Å². The van der Waals surface area contributed by atoms with Gasteiger partial charge in [0.15, 0.2) is 5.69 Å². The summed E-state index contributed by atoms with van der Waals surface area (Å²) in [6.45, 7) is 4.53. The molecule has 1 amide bonds. The molecule has 0 saturated carbocycles. The molecule has 0 aliphatic heterocycles. The van der Waals surface area contributed by atoms with Crippen molar-refractivity contribution in [3.05, 3.63) is 46.3 Å². The van der Waals surface area contributed by atoms with E-state index in [4.69, 9.17) is 20.9 Å². The third-order valence-corrected chi connectivity index (χ3v) is 3.15. The Bertz CT molecular complexity index is 625. The molecule has 6 heteroatoms. The van der Waals surface area contributed by atoms with E-state index in [1.54, 1.807) is 31.2 Å². The average Bonchev–Trinajstić information content (AvgIpc) is 2.84. The number of nitrogens with zero attached hydrogens (tertiary/aromatic N) is 1. The van der Waals surface area contributed by atoms with Gasteiger partial charge < -0.3 is 14.6 Å². The Hall–Kier alpha value is -2.01. The van der Waals surface area contributed by atoms with Crippen molar-refractivity contribution in [3.8, 4) is 5.75 Å². The smallest absolute Gasteiger partial charge is 0.273 e. The maximum Gasteiger partial charge on any atom is 0.273 e. The quantitative estimate of drug-likeness (QED) is 0.888. The van der Waals surface area contributed by atoms with Gasteiger partial charge in [-0.1, -0.05) is 29.7 Å². The Labute approximate surface area is 128 Å². The lowest BCUT2D eigenvalue weighted by Gasteiger charge is -2.07. The molecule has 0 radical (unpaired) electrons. The predicted octanol–water partition coefficient (Wildman–Crippen LogP) is 3.36. The van der Waals surface area contributed by atoms with E-state index in [1.165, 1.54) is 0 Å². The number of carbonyl (C=O) groups excluding carboxylic acids is 1. The normalized spacial score (nSPS) is 10.4. The van der Waals surface area contributed by atoms with Crippen molar-refractivity contribution in [2.24, 2.45) is 0 Å². The Morgan fingerprint density at radius 2 is 2.29 bits per heavy atom. The van der Waals surface area contributed by atoms with Gasteiger partial charge in [0.05, 0.1) is 5.56 Å². The lowest BCUT2D eigenvalue weighted by molar-refractivity contribution is 0.0942. The van der Waals surface area contributed by atoms with Gasteiger partial charge in [-0.25, -0.2) is 0 Å². The van der Waals surface area contributed by atoms with Gasteiger partial charge >= 0.3 is 0 Å². The SMILES string of the molecule is CCCNC(=O)c1noc(C)c1COc1cccc(Cl)c1. The molecule has 2 rings (SSSR count). The van der Waals surface area contributed by atoms with Crippen molar-refractivity contribution in [2.75, 3.05) is 6.54 Å². The fraction of sp³-hybridized carbons (Fsp3) is 0.333. The van der Waals surface area contributed by atoms with Crippen LogP contribution in [0.2, 0.25) is 5.02 Å². The van der Waals surface area contributed by atoms with Gasteiger partial charge in [0, 0.05) is 11.6 Å². The highest BCUT2D eigenvalue weighted by molar-refractivity contribution is 6.30. The molecule has 0 spiro atoms. The van der Waals surface area contributed by atoms with Gasteiger partial charge in [-0.05, 0) is 31.5 Å². The Morgan fingerprint density at radius 1 is 1.48 bits per heavy atom. The lowest BCUT2D eigenvalue weighted by Crippen LogP contribution is -2.25. The van der Waals surface area contributed by atoms with Crippen LogP contribution < -0.4 is 10.1 Å². The van der Waals surface area contributed by atoms with E-state index in [9.17, 15) is 4.79 Å². The zero-order valence-electron chi connectivity index (χ0n) is 12.0. The molecule has 0 saturated heterocycles. The van der Waals surface area contributed by atoms with E-state index < -0.39 is 0 Å². The summed E-state index contributed by atoms with van der Waals surface area (Å²) in [6.07, 6.45) is 0.858. The number of carbonyl (C=O) groups is 1. The number of rotatable bonds is 6. The molecule has 1 heterocycles. The molecule has 0 atom stereocenters. The first-order chi connectivity index (χ1) is 10.1. The molecule has 0 bridgehead atoms. The minimum atomic E-state index is -0.251. The molecule has 0 aliphatic rings. The molecule has 0 unspecified atom stereocenters. The molecule has 21 heavy (non-hydrogen) atoms. The monoisotopic (exact) mass is 308 g/mol. The van der Waals surface area contributed by atoms with Crippen LogP contribution in [0.1, 0.15) is 35.2 Å². The Kier molecular flexibility index (Phi) is 5.22. The first-order valence-electron chi connectivity index (χ1n) is 6.73. The van der Waals surface area contributed by atoms with E-state index in [-0.39, 0.29) is 18.2 Å². The number of aryl methyl sites for hydroxylation is 1. The molecular formula is C15H17ClN2O3. The molecular weight excluding hydrogens is 292 g/mol. The predicted molar refractivity (Wildman–Crippen MR) is 79.6 cm³/mol.